The van der Waals surface area contributed by atoms with Gasteiger partial charge in [0.1, 0.15) is 5.75 Å². The molecule has 1 fully saturated rings. The average molecular weight is 306 g/mol. The number of benzene rings is 1. The van der Waals surface area contributed by atoms with Gasteiger partial charge in [0, 0.05) is 33.0 Å². The summed E-state index contributed by atoms with van der Waals surface area (Å²) in [5, 5.41) is 12.5. The highest BCUT2D eigenvalue weighted by atomic mass is 16.5. The Kier molecular flexibility index (Phi) is 5.77. The normalized spacial score (nSPS) is 18.0. The molecule has 0 spiro atoms. The summed E-state index contributed by atoms with van der Waals surface area (Å²) < 4.78 is 5.54. The summed E-state index contributed by atoms with van der Waals surface area (Å²) >= 11 is 0. The molecule has 1 atom stereocenters. The van der Waals surface area contributed by atoms with Crippen molar-refractivity contribution >= 4 is 11.8 Å². The lowest BCUT2D eigenvalue weighted by atomic mass is 10.1. The molecule has 6 heteroatoms. The van der Waals surface area contributed by atoms with Crippen LogP contribution in [-0.4, -0.2) is 54.2 Å². The highest BCUT2D eigenvalue weighted by molar-refractivity contribution is 5.76. The van der Waals surface area contributed by atoms with E-state index in [-0.39, 0.29) is 23.7 Å². The minimum absolute atomic E-state index is 0.0270. The number of amides is 2. The van der Waals surface area contributed by atoms with E-state index in [1.807, 2.05) is 6.07 Å². The largest absolute Gasteiger partial charge is 0.508 e. The van der Waals surface area contributed by atoms with Crippen molar-refractivity contribution in [3.8, 4) is 5.75 Å². The molecule has 1 aromatic rings. The van der Waals surface area contributed by atoms with E-state index in [0.29, 0.717) is 39.1 Å². The number of carbonyl (C=O) groups is 2. The highest BCUT2D eigenvalue weighted by Crippen LogP contribution is 2.17. The number of hydrogen-bond acceptors (Lipinski definition) is 4. The predicted molar refractivity (Wildman–Crippen MR) is 81.4 cm³/mol. The van der Waals surface area contributed by atoms with Crippen molar-refractivity contribution < 1.29 is 19.4 Å². The molecule has 1 aliphatic heterocycles. The Labute approximate surface area is 130 Å². The quantitative estimate of drug-likeness (QED) is 0.839. The van der Waals surface area contributed by atoms with E-state index in [4.69, 9.17) is 4.74 Å². The number of nitrogens with one attached hydrogen (secondary N) is 1. The molecule has 1 aromatic carbocycles. The molecule has 0 saturated carbocycles. The molecule has 0 unspecified atom stereocenters. The van der Waals surface area contributed by atoms with Gasteiger partial charge in [0.25, 0.3) is 0 Å². The van der Waals surface area contributed by atoms with Gasteiger partial charge in [0.15, 0.2) is 0 Å². The van der Waals surface area contributed by atoms with E-state index in [9.17, 15) is 14.7 Å². The lowest BCUT2D eigenvalue weighted by Crippen LogP contribution is -2.49. The summed E-state index contributed by atoms with van der Waals surface area (Å²) in [7, 11) is 0. The molecule has 0 bridgehead atoms. The summed E-state index contributed by atoms with van der Waals surface area (Å²) in [6.07, 6.45) is 0.636. The number of aromatic hydroxyl groups is 1. The number of morpholine rings is 1. The van der Waals surface area contributed by atoms with Crippen molar-refractivity contribution in [2.45, 2.75) is 25.9 Å². The Morgan fingerprint density at radius 1 is 1.41 bits per heavy atom. The molecule has 0 radical (unpaired) electrons. The van der Waals surface area contributed by atoms with Crippen molar-refractivity contribution in [2.75, 3.05) is 26.2 Å². The Hall–Kier alpha value is -2.08. The number of aryl methyl sites for hydroxylation is 1. The van der Waals surface area contributed by atoms with Crippen LogP contribution in [0.1, 0.15) is 18.9 Å². The second-order valence-electron chi connectivity index (χ2n) is 5.39. The van der Waals surface area contributed by atoms with Gasteiger partial charge in [-0.05, 0) is 18.1 Å². The number of rotatable bonds is 5. The first-order valence-electron chi connectivity index (χ1n) is 7.47. The Morgan fingerprint density at radius 3 is 2.91 bits per heavy atom. The summed E-state index contributed by atoms with van der Waals surface area (Å²) in [5.74, 6) is 0.147. The van der Waals surface area contributed by atoms with Crippen LogP contribution in [0.2, 0.25) is 0 Å². The molecule has 0 aliphatic carbocycles. The minimum Gasteiger partial charge on any atom is -0.508 e. The van der Waals surface area contributed by atoms with Crippen molar-refractivity contribution in [2.24, 2.45) is 0 Å². The van der Waals surface area contributed by atoms with E-state index < -0.39 is 0 Å². The van der Waals surface area contributed by atoms with Gasteiger partial charge in [0.2, 0.25) is 11.8 Å². The fraction of sp³-hybridized carbons (Fsp3) is 0.500. The van der Waals surface area contributed by atoms with Crippen LogP contribution in [0, 0.1) is 0 Å². The average Bonchev–Trinajstić information content (AvgIpc) is 2.52. The fourth-order valence-corrected chi connectivity index (χ4v) is 2.42. The van der Waals surface area contributed by atoms with E-state index in [1.165, 1.54) is 6.92 Å². The Balaban J connectivity index is 1.71. The van der Waals surface area contributed by atoms with Crippen molar-refractivity contribution in [3.05, 3.63) is 29.8 Å². The van der Waals surface area contributed by atoms with E-state index in [2.05, 4.69) is 5.32 Å². The lowest BCUT2D eigenvalue weighted by molar-refractivity contribution is -0.136. The van der Waals surface area contributed by atoms with Gasteiger partial charge in [-0.1, -0.05) is 18.2 Å². The van der Waals surface area contributed by atoms with Crippen LogP contribution in [0.15, 0.2) is 24.3 Å². The molecule has 6 nitrogen and oxygen atoms in total. The maximum atomic E-state index is 11.9. The van der Waals surface area contributed by atoms with Gasteiger partial charge in [-0.15, -0.1) is 0 Å². The van der Waals surface area contributed by atoms with Crippen molar-refractivity contribution in [3.63, 3.8) is 0 Å². The Bertz CT molecular complexity index is 533. The zero-order valence-corrected chi connectivity index (χ0v) is 12.7. The third-order valence-corrected chi connectivity index (χ3v) is 3.72. The van der Waals surface area contributed by atoms with E-state index in [1.54, 1.807) is 23.1 Å². The molecule has 0 aromatic heterocycles. The van der Waals surface area contributed by atoms with Gasteiger partial charge in [-0.3, -0.25) is 9.59 Å². The first-order valence-corrected chi connectivity index (χ1v) is 7.47. The summed E-state index contributed by atoms with van der Waals surface area (Å²) in [4.78, 5) is 24.9. The van der Waals surface area contributed by atoms with Crippen LogP contribution >= 0.6 is 0 Å². The van der Waals surface area contributed by atoms with Crippen LogP contribution in [0.3, 0.4) is 0 Å². The zero-order chi connectivity index (χ0) is 15.9. The van der Waals surface area contributed by atoms with Crippen LogP contribution < -0.4 is 5.32 Å². The Morgan fingerprint density at radius 2 is 2.18 bits per heavy atom. The van der Waals surface area contributed by atoms with Gasteiger partial charge in [-0.2, -0.15) is 0 Å². The van der Waals surface area contributed by atoms with Crippen molar-refractivity contribution in [1.29, 1.82) is 0 Å². The summed E-state index contributed by atoms with van der Waals surface area (Å²) in [5.41, 5.74) is 0.759. The monoisotopic (exact) mass is 306 g/mol. The summed E-state index contributed by atoms with van der Waals surface area (Å²) in [6.45, 7) is 3.54. The fourth-order valence-electron chi connectivity index (χ4n) is 2.42. The van der Waals surface area contributed by atoms with Gasteiger partial charge >= 0.3 is 0 Å². The SMILES string of the molecule is CC(=O)N1CCO[C@@H](CNC(=O)CCc2ccccc2O)C1. The number of phenolic OH excluding ortho intramolecular Hbond substituents is 1. The number of para-hydroxylation sites is 1. The molecule has 1 saturated heterocycles. The maximum Gasteiger partial charge on any atom is 0.220 e. The third kappa shape index (κ3) is 4.73. The first-order chi connectivity index (χ1) is 10.6. The molecule has 22 heavy (non-hydrogen) atoms. The second kappa shape index (κ2) is 7.79. The van der Waals surface area contributed by atoms with Gasteiger partial charge in [0.05, 0.1) is 12.7 Å². The van der Waals surface area contributed by atoms with Crippen LogP contribution in [-0.2, 0) is 20.7 Å². The van der Waals surface area contributed by atoms with Crippen LogP contribution in [0.25, 0.3) is 0 Å². The zero-order valence-electron chi connectivity index (χ0n) is 12.7. The van der Waals surface area contributed by atoms with E-state index in [0.717, 1.165) is 5.56 Å². The molecule has 2 amide bonds. The van der Waals surface area contributed by atoms with Crippen LogP contribution in [0.5, 0.6) is 5.75 Å². The van der Waals surface area contributed by atoms with Crippen LogP contribution in [0.4, 0.5) is 0 Å². The number of ether oxygens (including phenoxy) is 1. The second-order valence-corrected chi connectivity index (χ2v) is 5.39. The lowest BCUT2D eigenvalue weighted by Gasteiger charge is -2.32. The first kappa shape index (κ1) is 16.3. The standard InChI is InChI=1S/C16H22N2O4/c1-12(19)18-8-9-22-14(11-18)10-17-16(21)7-6-13-4-2-3-5-15(13)20/h2-5,14,20H,6-11H2,1H3,(H,17,21)/t14-/m0/s1. The number of hydrogen-bond donors (Lipinski definition) is 2. The molecule has 2 rings (SSSR count). The van der Waals surface area contributed by atoms with E-state index >= 15 is 0 Å². The molecular weight excluding hydrogens is 284 g/mol. The predicted octanol–water partition coefficient (Wildman–Crippen LogP) is 0.688. The number of phenols is 1. The number of nitrogens with zero attached hydrogens (tertiary/aromatic N) is 1. The maximum absolute atomic E-state index is 11.9. The molecule has 1 aliphatic rings. The topological polar surface area (TPSA) is 78.9 Å². The third-order valence-electron chi connectivity index (χ3n) is 3.72. The molecule has 120 valence electrons. The number of carbonyl (C=O) groups excluding carboxylic acids is 2. The summed E-state index contributed by atoms with van der Waals surface area (Å²) in [6, 6.07) is 7.00. The molecule has 1 heterocycles. The minimum atomic E-state index is -0.160. The highest BCUT2D eigenvalue weighted by Gasteiger charge is 2.22. The van der Waals surface area contributed by atoms with Gasteiger partial charge < -0.3 is 20.1 Å². The smallest absolute Gasteiger partial charge is 0.220 e. The van der Waals surface area contributed by atoms with Gasteiger partial charge in [-0.25, -0.2) is 0 Å². The molecular formula is C16H22N2O4. The molecule has 2 N–H and O–H groups in total. The van der Waals surface area contributed by atoms with Crippen molar-refractivity contribution in [1.82, 2.24) is 10.2 Å².